The Balaban J connectivity index is 1.98. The van der Waals surface area contributed by atoms with Gasteiger partial charge in [0.25, 0.3) is 0 Å². The largest absolute Gasteiger partial charge is 0.350 e. The third kappa shape index (κ3) is 2.26. The van der Waals surface area contributed by atoms with Gasteiger partial charge in [0.2, 0.25) is 0 Å². The molecule has 2 heteroatoms. The zero-order valence-corrected chi connectivity index (χ0v) is 10.7. The Morgan fingerprint density at radius 3 is 2.72 bits per heavy atom. The minimum Gasteiger partial charge on any atom is -0.350 e. The van der Waals surface area contributed by atoms with E-state index in [0.29, 0.717) is 0 Å². The van der Waals surface area contributed by atoms with E-state index in [9.17, 15) is 0 Å². The second kappa shape index (κ2) is 5.09. The van der Waals surface area contributed by atoms with E-state index in [2.05, 4.69) is 43.3 Å². The van der Waals surface area contributed by atoms with E-state index < -0.39 is 0 Å². The van der Waals surface area contributed by atoms with Crippen molar-refractivity contribution >= 4 is 10.8 Å². The number of rotatable bonds is 3. The number of hydrogen-bond acceptors (Lipinski definition) is 2. The summed E-state index contributed by atoms with van der Waals surface area (Å²) in [5.74, 6) is 0. The van der Waals surface area contributed by atoms with Crippen LogP contribution >= 0.6 is 0 Å². The molecule has 0 radical (unpaired) electrons. The zero-order chi connectivity index (χ0) is 12.4. The number of ether oxygens (including phenoxy) is 2. The van der Waals surface area contributed by atoms with Gasteiger partial charge >= 0.3 is 0 Å². The summed E-state index contributed by atoms with van der Waals surface area (Å²) in [4.78, 5) is 0. The van der Waals surface area contributed by atoms with Crippen LogP contribution in [0.3, 0.4) is 0 Å². The summed E-state index contributed by atoms with van der Waals surface area (Å²) in [5, 5.41) is 2.62. The fourth-order valence-corrected chi connectivity index (χ4v) is 2.49. The van der Waals surface area contributed by atoms with Gasteiger partial charge in [0.05, 0.1) is 13.2 Å². The predicted octanol–water partition coefficient (Wildman–Crippen LogP) is 3.32. The average Bonchev–Trinajstić information content (AvgIpc) is 2.91. The van der Waals surface area contributed by atoms with Gasteiger partial charge in [0.15, 0.2) is 6.29 Å². The second-order valence-electron chi connectivity index (χ2n) is 4.70. The average molecular weight is 242 g/mol. The molecule has 2 aromatic carbocycles. The Morgan fingerprint density at radius 1 is 1.11 bits per heavy atom. The van der Waals surface area contributed by atoms with Crippen LogP contribution in [0.2, 0.25) is 0 Å². The van der Waals surface area contributed by atoms with Crippen LogP contribution in [0.5, 0.6) is 0 Å². The molecule has 0 N–H and O–H groups in total. The summed E-state index contributed by atoms with van der Waals surface area (Å²) < 4.78 is 11.1. The van der Waals surface area contributed by atoms with Crippen molar-refractivity contribution in [2.24, 2.45) is 0 Å². The Kier molecular flexibility index (Phi) is 3.31. The first-order chi connectivity index (χ1) is 8.86. The lowest BCUT2D eigenvalue weighted by molar-refractivity contribution is -0.0397. The van der Waals surface area contributed by atoms with E-state index in [1.807, 2.05) is 0 Å². The zero-order valence-electron chi connectivity index (χ0n) is 10.7. The van der Waals surface area contributed by atoms with Crippen molar-refractivity contribution < 1.29 is 9.47 Å². The second-order valence-corrected chi connectivity index (χ2v) is 4.70. The molecule has 0 atom stereocenters. The van der Waals surface area contributed by atoms with Gasteiger partial charge in [-0.25, -0.2) is 0 Å². The van der Waals surface area contributed by atoms with Crippen molar-refractivity contribution in [3.63, 3.8) is 0 Å². The molecule has 18 heavy (non-hydrogen) atoms. The fraction of sp³-hybridized carbons (Fsp3) is 0.375. The molecule has 0 unspecified atom stereocenters. The molecular weight excluding hydrogens is 224 g/mol. The van der Waals surface area contributed by atoms with Crippen LogP contribution in [0.25, 0.3) is 10.8 Å². The highest BCUT2D eigenvalue weighted by atomic mass is 16.7. The van der Waals surface area contributed by atoms with Crippen molar-refractivity contribution in [2.45, 2.75) is 26.1 Å². The molecule has 94 valence electrons. The summed E-state index contributed by atoms with van der Waals surface area (Å²) in [7, 11) is 0. The van der Waals surface area contributed by atoms with Crippen LogP contribution in [-0.4, -0.2) is 19.5 Å². The molecule has 2 aromatic rings. The van der Waals surface area contributed by atoms with Gasteiger partial charge in [-0.05, 0) is 28.3 Å². The molecule has 0 aromatic heterocycles. The smallest absolute Gasteiger partial charge is 0.161 e. The van der Waals surface area contributed by atoms with Gasteiger partial charge in [0.1, 0.15) is 0 Å². The van der Waals surface area contributed by atoms with E-state index in [0.717, 1.165) is 26.1 Å². The monoisotopic (exact) mass is 242 g/mol. The Hall–Kier alpha value is -1.38. The van der Waals surface area contributed by atoms with Crippen molar-refractivity contribution in [3.05, 3.63) is 47.5 Å². The molecule has 3 rings (SSSR count). The Labute approximate surface area is 108 Å². The van der Waals surface area contributed by atoms with Crippen LogP contribution in [0, 0.1) is 0 Å². The van der Waals surface area contributed by atoms with E-state index in [1.165, 1.54) is 21.9 Å². The third-order valence-corrected chi connectivity index (χ3v) is 3.52. The topological polar surface area (TPSA) is 18.5 Å². The normalized spacial score (nSPS) is 16.5. The van der Waals surface area contributed by atoms with Crippen LogP contribution in [0.15, 0.2) is 36.4 Å². The first kappa shape index (κ1) is 11.7. The lowest BCUT2D eigenvalue weighted by Crippen LogP contribution is -2.11. The SMILES string of the molecule is CCc1ccc2cccc(CC3OCCO3)c2c1. The van der Waals surface area contributed by atoms with Crippen LogP contribution in [-0.2, 0) is 22.3 Å². The predicted molar refractivity (Wildman–Crippen MR) is 72.7 cm³/mol. The minimum atomic E-state index is -0.0686. The first-order valence-corrected chi connectivity index (χ1v) is 6.60. The molecule has 1 fully saturated rings. The summed E-state index contributed by atoms with van der Waals surface area (Å²) in [6.07, 6.45) is 1.84. The van der Waals surface area contributed by atoms with Crippen molar-refractivity contribution in [3.8, 4) is 0 Å². The van der Waals surface area contributed by atoms with Crippen molar-refractivity contribution in [2.75, 3.05) is 13.2 Å². The standard InChI is InChI=1S/C16H18O2/c1-2-12-6-7-13-4-3-5-14(15(13)10-12)11-16-17-8-9-18-16/h3-7,10,16H,2,8-9,11H2,1H3. The van der Waals surface area contributed by atoms with E-state index >= 15 is 0 Å². The van der Waals surface area contributed by atoms with Crippen LogP contribution < -0.4 is 0 Å². The Morgan fingerprint density at radius 2 is 1.94 bits per heavy atom. The first-order valence-electron chi connectivity index (χ1n) is 6.60. The van der Waals surface area contributed by atoms with Gasteiger partial charge in [-0.15, -0.1) is 0 Å². The fourth-order valence-electron chi connectivity index (χ4n) is 2.49. The summed E-state index contributed by atoms with van der Waals surface area (Å²) >= 11 is 0. The minimum absolute atomic E-state index is 0.0686. The van der Waals surface area contributed by atoms with Crippen molar-refractivity contribution in [1.29, 1.82) is 0 Å². The number of hydrogen-bond donors (Lipinski definition) is 0. The number of aryl methyl sites for hydroxylation is 1. The molecule has 1 aliphatic heterocycles. The van der Waals surface area contributed by atoms with E-state index in [4.69, 9.17) is 9.47 Å². The van der Waals surface area contributed by atoms with Gasteiger partial charge in [-0.2, -0.15) is 0 Å². The van der Waals surface area contributed by atoms with Gasteiger partial charge < -0.3 is 9.47 Å². The molecule has 1 saturated heterocycles. The van der Waals surface area contributed by atoms with Gasteiger partial charge in [0, 0.05) is 6.42 Å². The quantitative estimate of drug-likeness (QED) is 0.822. The summed E-state index contributed by atoms with van der Waals surface area (Å²) in [6.45, 7) is 3.62. The van der Waals surface area contributed by atoms with E-state index in [1.54, 1.807) is 0 Å². The summed E-state index contributed by atoms with van der Waals surface area (Å²) in [6, 6.07) is 13.1. The molecule has 0 spiro atoms. The van der Waals surface area contributed by atoms with Crippen LogP contribution in [0.1, 0.15) is 18.1 Å². The number of fused-ring (bicyclic) bond motifs is 1. The Bertz CT molecular complexity index is 542. The molecule has 0 aliphatic carbocycles. The van der Waals surface area contributed by atoms with Gasteiger partial charge in [-0.3, -0.25) is 0 Å². The third-order valence-electron chi connectivity index (χ3n) is 3.52. The maximum absolute atomic E-state index is 5.54. The lowest BCUT2D eigenvalue weighted by Gasteiger charge is -2.12. The van der Waals surface area contributed by atoms with Crippen LogP contribution in [0.4, 0.5) is 0 Å². The lowest BCUT2D eigenvalue weighted by atomic mass is 9.99. The van der Waals surface area contributed by atoms with E-state index in [-0.39, 0.29) is 6.29 Å². The van der Waals surface area contributed by atoms with Gasteiger partial charge in [-0.1, -0.05) is 43.3 Å². The molecule has 0 bridgehead atoms. The maximum atomic E-state index is 5.54. The number of benzene rings is 2. The molecule has 0 saturated carbocycles. The maximum Gasteiger partial charge on any atom is 0.161 e. The highest BCUT2D eigenvalue weighted by Gasteiger charge is 2.17. The molecule has 0 amide bonds. The highest BCUT2D eigenvalue weighted by Crippen LogP contribution is 2.23. The molecule has 1 aliphatic rings. The van der Waals surface area contributed by atoms with Crippen molar-refractivity contribution in [1.82, 2.24) is 0 Å². The highest BCUT2D eigenvalue weighted by molar-refractivity contribution is 5.86. The molecular formula is C16H18O2. The molecule has 1 heterocycles. The molecule has 2 nitrogen and oxygen atoms in total. The summed E-state index contributed by atoms with van der Waals surface area (Å²) in [5.41, 5.74) is 2.69.